The van der Waals surface area contributed by atoms with Gasteiger partial charge in [0, 0.05) is 17.3 Å². The number of anilines is 2. The fraction of sp³-hybridized carbons (Fsp3) is 0.261. The Morgan fingerprint density at radius 3 is 2.62 bits per heavy atom. The first-order valence-electron chi connectivity index (χ1n) is 9.57. The average molecular weight is 390 g/mol. The van der Waals surface area contributed by atoms with Crippen LogP contribution in [0.3, 0.4) is 0 Å². The Morgan fingerprint density at radius 1 is 1.07 bits per heavy atom. The Labute approximate surface area is 169 Å². The zero-order valence-electron chi connectivity index (χ0n) is 16.3. The molecule has 2 aliphatic rings. The summed E-state index contributed by atoms with van der Waals surface area (Å²) in [5.74, 6) is -0.667. The number of rotatable bonds is 4. The van der Waals surface area contributed by atoms with Crippen LogP contribution in [0.25, 0.3) is 0 Å². The van der Waals surface area contributed by atoms with Crippen LogP contribution in [0.4, 0.5) is 11.4 Å². The fourth-order valence-corrected chi connectivity index (χ4v) is 3.98. The highest BCUT2D eigenvalue weighted by atomic mass is 16.5. The summed E-state index contributed by atoms with van der Waals surface area (Å²) in [7, 11) is 1.56. The molecule has 2 atom stereocenters. The number of hydrogen-bond donors (Lipinski definition) is 1. The first-order chi connectivity index (χ1) is 14.0. The minimum absolute atomic E-state index is 0.183. The fourth-order valence-electron chi connectivity index (χ4n) is 3.98. The van der Waals surface area contributed by atoms with Gasteiger partial charge in [0.1, 0.15) is 5.75 Å². The predicted molar refractivity (Wildman–Crippen MR) is 110 cm³/mol. The molecule has 6 heteroatoms. The van der Waals surface area contributed by atoms with Gasteiger partial charge in [0.25, 0.3) is 5.91 Å². The summed E-state index contributed by atoms with van der Waals surface area (Å²) in [5.41, 5.74) is 2.54. The Bertz CT molecular complexity index is 1030. The van der Waals surface area contributed by atoms with E-state index < -0.39 is 0 Å². The molecule has 1 heterocycles. The Kier molecular flexibility index (Phi) is 4.92. The molecule has 1 aliphatic heterocycles. The Balaban J connectivity index is 1.56. The summed E-state index contributed by atoms with van der Waals surface area (Å²) >= 11 is 0. The molecule has 0 radical (unpaired) electrons. The van der Waals surface area contributed by atoms with Crippen molar-refractivity contribution in [3.63, 3.8) is 0 Å². The van der Waals surface area contributed by atoms with Gasteiger partial charge in [-0.3, -0.25) is 19.3 Å². The van der Waals surface area contributed by atoms with Gasteiger partial charge in [-0.1, -0.05) is 23.8 Å². The molecule has 0 bridgehead atoms. The lowest BCUT2D eigenvalue weighted by Gasteiger charge is -2.18. The first kappa shape index (κ1) is 18.9. The summed E-state index contributed by atoms with van der Waals surface area (Å²) < 4.78 is 5.17. The molecule has 2 aromatic rings. The van der Waals surface area contributed by atoms with E-state index in [1.54, 1.807) is 55.6 Å². The highest BCUT2D eigenvalue weighted by Gasteiger charge is 2.48. The van der Waals surface area contributed by atoms with Gasteiger partial charge in [0.2, 0.25) is 11.8 Å². The normalized spacial score (nSPS) is 20.9. The molecule has 0 aromatic heterocycles. The highest BCUT2D eigenvalue weighted by molar-refractivity contribution is 6.22. The Morgan fingerprint density at radius 2 is 1.83 bits per heavy atom. The maximum absolute atomic E-state index is 12.9. The van der Waals surface area contributed by atoms with E-state index in [0.717, 1.165) is 5.57 Å². The second kappa shape index (κ2) is 7.54. The second-order valence-corrected chi connectivity index (χ2v) is 7.45. The van der Waals surface area contributed by atoms with E-state index in [2.05, 4.69) is 5.32 Å². The van der Waals surface area contributed by atoms with Crippen molar-refractivity contribution >= 4 is 29.1 Å². The molecule has 1 N–H and O–H groups in total. The van der Waals surface area contributed by atoms with Crippen molar-refractivity contribution in [1.29, 1.82) is 0 Å². The van der Waals surface area contributed by atoms with Crippen LogP contribution in [0.5, 0.6) is 5.75 Å². The topological polar surface area (TPSA) is 75.7 Å². The SMILES string of the molecule is COc1cccc(NC(=O)c2cccc(N3C(=O)[C@@H]4CC=C(C)C[C@H]4C3=O)c2)c1. The average Bonchev–Trinajstić information content (AvgIpc) is 2.98. The third-order valence-electron chi connectivity index (χ3n) is 5.52. The van der Waals surface area contributed by atoms with Crippen molar-refractivity contribution < 1.29 is 19.1 Å². The van der Waals surface area contributed by atoms with Crippen molar-refractivity contribution in [2.45, 2.75) is 19.8 Å². The van der Waals surface area contributed by atoms with E-state index in [1.807, 2.05) is 13.0 Å². The summed E-state index contributed by atoms with van der Waals surface area (Å²) in [6.07, 6.45) is 3.24. The number of nitrogens with one attached hydrogen (secondary N) is 1. The van der Waals surface area contributed by atoms with E-state index in [1.165, 1.54) is 4.90 Å². The van der Waals surface area contributed by atoms with Crippen molar-refractivity contribution in [1.82, 2.24) is 0 Å². The van der Waals surface area contributed by atoms with Crippen LogP contribution in [-0.2, 0) is 9.59 Å². The standard InChI is InChI=1S/C23H22N2O4/c1-14-9-10-19-20(11-14)23(28)25(22(19)27)17-7-3-5-15(12-17)21(26)24-16-6-4-8-18(13-16)29-2/h3-9,12-13,19-20H,10-11H2,1-2H3,(H,24,26)/t19-,20-/m1/s1. The number of carbonyl (C=O) groups is 3. The summed E-state index contributed by atoms with van der Waals surface area (Å²) in [5, 5.41) is 2.81. The third kappa shape index (κ3) is 3.53. The van der Waals surface area contributed by atoms with Crippen LogP contribution in [-0.4, -0.2) is 24.8 Å². The lowest BCUT2D eigenvalue weighted by atomic mass is 9.82. The number of amides is 3. The smallest absolute Gasteiger partial charge is 0.255 e. The zero-order chi connectivity index (χ0) is 20.5. The number of ether oxygens (including phenoxy) is 1. The molecule has 0 saturated carbocycles. The number of nitrogens with zero attached hydrogens (tertiary/aromatic N) is 1. The largest absolute Gasteiger partial charge is 0.497 e. The van der Waals surface area contributed by atoms with Crippen LogP contribution in [0.2, 0.25) is 0 Å². The number of benzene rings is 2. The molecule has 29 heavy (non-hydrogen) atoms. The quantitative estimate of drug-likeness (QED) is 0.637. The van der Waals surface area contributed by atoms with Crippen LogP contribution < -0.4 is 15.0 Å². The molecule has 6 nitrogen and oxygen atoms in total. The van der Waals surface area contributed by atoms with Crippen molar-refractivity contribution in [2.24, 2.45) is 11.8 Å². The maximum atomic E-state index is 12.9. The summed E-state index contributed by atoms with van der Waals surface area (Å²) in [6, 6.07) is 13.7. The minimum Gasteiger partial charge on any atom is -0.497 e. The Hall–Kier alpha value is -3.41. The third-order valence-corrected chi connectivity index (χ3v) is 5.52. The highest BCUT2D eigenvalue weighted by Crippen LogP contribution is 2.39. The summed E-state index contributed by atoms with van der Waals surface area (Å²) in [6.45, 7) is 1.99. The molecule has 2 aromatic carbocycles. The number of imide groups is 1. The van der Waals surface area contributed by atoms with E-state index in [0.29, 0.717) is 35.5 Å². The van der Waals surface area contributed by atoms with Crippen LogP contribution in [0.15, 0.2) is 60.2 Å². The van der Waals surface area contributed by atoms with Gasteiger partial charge in [0.15, 0.2) is 0 Å². The molecule has 1 aliphatic carbocycles. The number of fused-ring (bicyclic) bond motifs is 1. The molecule has 148 valence electrons. The number of carbonyl (C=O) groups excluding carboxylic acids is 3. The monoisotopic (exact) mass is 390 g/mol. The van der Waals surface area contributed by atoms with E-state index in [9.17, 15) is 14.4 Å². The van der Waals surface area contributed by atoms with E-state index >= 15 is 0 Å². The van der Waals surface area contributed by atoms with Gasteiger partial charge in [-0.05, 0) is 50.1 Å². The molecule has 0 spiro atoms. The number of hydrogen-bond acceptors (Lipinski definition) is 4. The molecule has 0 unspecified atom stereocenters. The molecule has 1 fully saturated rings. The first-order valence-corrected chi connectivity index (χ1v) is 9.57. The number of methoxy groups -OCH3 is 1. The van der Waals surface area contributed by atoms with Gasteiger partial charge in [-0.2, -0.15) is 0 Å². The van der Waals surface area contributed by atoms with Crippen molar-refractivity contribution in [3.05, 3.63) is 65.7 Å². The van der Waals surface area contributed by atoms with Crippen molar-refractivity contribution in [2.75, 3.05) is 17.3 Å². The van der Waals surface area contributed by atoms with E-state index in [-0.39, 0.29) is 29.6 Å². The second-order valence-electron chi connectivity index (χ2n) is 7.45. The lowest BCUT2D eigenvalue weighted by Crippen LogP contribution is -2.31. The summed E-state index contributed by atoms with van der Waals surface area (Å²) in [4.78, 5) is 39.7. The van der Waals surface area contributed by atoms with Gasteiger partial charge < -0.3 is 10.1 Å². The molecule has 3 amide bonds. The van der Waals surface area contributed by atoms with Gasteiger partial charge in [-0.25, -0.2) is 0 Å². The van der Waals surface area contributed by atoms with Crippen LogP contribution in [0.1, 0.15) is 30.1 Å². The maximum Gasteiger partial charge on any atom is 0.255 e. The van der Waals surface area contributed by atoms with E-state index in [4.69, 9.17) is 4.74 Å². The van der Waals surface area contributed by atoms with Gasteiger partial charge in [-0.15, -0.1) is 0 Å². The molecule has 1 saturated heterocycles. The zero-order valence-corrected chi connectivity index (χ0v) is 16.3. The van der Waals surface area contributed by atoms with Crippen molar-refractivity contribution in [3.8, 4) is 5.75 Å². The molecular weight excluding hydrogens is 368 g/mol. The van der Waals surface area contributed by atoms with Gasteiger partial charge >= 0.3 is 0 Å². The molecule has 4 rings (SSSR count). The van der Waals surface area contributed by atoms with Crippen LogP contribution >= 0.6 is 0 Å². The number of allylic oxidation sites excluding steroid dienone is 2. The van der Waals surface area contributed by atoms with Gasteiger partial charge in [0.05, 0.1) is 24.6 Å². The predicted octanol–water partition coefficient (Wildman–Crippen LogP) is 3.79. The lowest BCUT2D eigenvalue weighted by molar-refractivity contribution is -0.122. The van der Waals surface area contributed by atoms with Crippen LogP contribution in [0, 0.1) is 11.8 Å². The molecular formula is C23H22N2O4. The minimum atomic E-state index is -0.325.